The fraction of sp³-hybridized carbons (Fsp3) is 0.500. The maximum absolute atomic E-state index is 12.7. The molecule has 1 saturated heterocycles. The van der Waals surface area contributed by atoms with E-state index in [0.717, 1.165) is 38.8 Å². The summed E-state index contributed by atoms with van der Waals surface area (Å²) in [5.74, 6) is 0.367. The van der Waals surface area contributed by atoms with Crippen molar-refractivity contribution in [3.05, 3.63) is 29.8 Å². The molecule has 3 N–H and O–H groups in total. The second-order valence-electron chi connectivity index (χ2n) is 7.15. The third-order valence-corrected chi connectivity index (χ3v) is 4.99. The standard InChI is InChI=1S/C18H23N7O2/c26-16(19-12-5-6-12)11-25-9-7-13(8-10-25)20-18(27)15-4-2-1-3-14(15)17-21-23-24-22-17/h1-4,12-13H,5-11H2,(H,19,26)(H,20,27)(H,21,22,23,24). The van der Waals surface area contributed by atoms with E-state index in [1.54, 1.807) is 12.1 Å². The Morgan fingerprint density at radius 2 is 1.81 bits per heavy atom. The van der Waals surface area contributed by atoms with Crippen molar-refractivity contribution in [2.45, 2.75) is 37.8 Å². The lowest BCUT2D eigenvalue weighted by Crippen LogP contribution is -2.47. The molecule has 9 nitrogen and oxygen atoms in total. The van der Waals surface area contributed by atoms with Gasteiger partial charge in [-0.15, -0.1) is 10.2 Å². The number of hydrogen-bond donors (Lipinski definition) is 3. The second-order valence-corrected chi connectivity index (χ2v) is 7.15. The van der Waals surface area contributed by atoms with Gasteiger partial charge in [0, 0.05) is 30.7 Å². The van der Waals surface area contributed by atoms with Gasteiger partial charge in [0.2, 0.25) is 11.7 Å². The molecule has 2 amide bonds. The van der Waals surface area contributed by atoms with Gasteiger partial charge in [0.15, 0.2) is 0 Å². The normalized spacial score (nSPS) is 18.2. The molecule has 1 saturated carbocycles. The zero-order valence-electron chi connectivity index (χ0n) is 15.0. The highest BCUT2D eigenvalue weighted by molar-refractivity contribution is 6.00. The third-order valence-electron chi connectivity index (χ3n) is 4.99. The first-order valence-electron chi connectivity index (χ1n) is 9.34. The quantitative estimate of drug-likeness (QED) is 0.676. The molecular formula is C18H23N7O2. The second kappa shape index (κ2) is 7.83. The van der Waals surface area contributed by atoms with Crippen LogP contribution in [0.25, 0.3) is 11.4 Å². The van der Waals surface area contributed by atoms with Crippen LogP contribution >= 0.6 is 0 Å². The molecule has 0 bridgehead atoms. The first-order valence-corrected chi connectivity index (χ1v) is 9.34. The van der Waals surface area contributed by atoms with E-state index in [0.29, 0.717) is 29.5 Å². The van der Waals surface area contributed by atoms with Crippen molar-refractivity contribution in [2.75, 3.05) is 19.6 Å². The minimum atomic E-state index is -0.139. The molecule has 142 valence electrons. The summed E-state index contributed by atoms with van der Waals surface area (Å²) in [5, 5.41) is 20.0. The molecule has 27 heavy (non-hydrogen) atoms. The summed E-state index contributed by atoms with van der Waals surface area (Å²) >= 11 is 0. The van der Waals surface area contributed by atoms with E-state index >= 15 is 0 Å². The van der Waals surface area contributed by atoms with Crippen molar-refractivity contribution in [3.63, 3.8) is 0 Å². The van der Waals surface area contributed by atoms with Crippen LogP contribution in [0.4, 0.5) is 0 Å². The number of piperidine rings is 1. The molecule has 2 fully saturated rings. The highest BCUT2D eigenvalue weighted by Crippen LogP contribution is 2.20. The lowest BCUT2D eigenvalue weighted by atomic mass is 10.0. The molecule has 0 unspecified atom stereocenters. The molecule has 2 aliphatic rings. The van der Waals surface area contributed by atoms with Crippen LogP contribution in [-0.4, -0.2) is 69.1 Å². The summed E-state index contributed by atoms with van der Waals surface area (Å²) in [6.45, 7) is 2.04. The maximum atomic E-state index is 12.7. The van der Waals surface area contributed by atoms with Crippen molar-refractivity contribution < 1.29 is 9.59 Å². The Morgan fingerprint density at radius 3 is 2.52 bits per heavy atom. The van der Waals surface area contributed by atoms with E-state index in [-0.39, 0.29) is 17.9 Å². The van der Waals surface area contributed by atoms with E-state index in [1.165, 1.54) is 0 Å². The number of nitrogens with one attached hydrogen (secondary N) is 3. The number of tetrazole rings is 1. The smallest absolute Gasteiger partial charge is 0.252 e. The van der Waals surface area contributed by atoms with Gasteiger partial charge in [-0.3, -0.25) is 14.5 Å². The average Bonchev–Trinajstić information content (AvgIpc) is 3.32. The van der Waals surface area contributed by atoms with Gasteiger partial charge in [-0.2, -0.15) is 5.21 Å². The van der Waals surface area contributed by atoms with Crippen LogP contribution in [-0.2, 0) is 4.79 Å². The van der Waals surface area contributed by atoms with Gasteiger partial charge >= 0.3 is 0 Å². The first-order chi connectivity index (χ1) is 13.2. The summed E-state index contributed by atoms with van der Waals surface area (Å²) < 4.78 is 0. The van der Waals surface area contributed by atoms with Crippen LogP contribution in [0.3, 0.4) is 0 Å². The molecule has 0 spiro atoms. The van der Waals surface area contributed by atoms with Gasteiger partial charge in [-0.1, -0.05) is 18.2 Å². The van der Waals surface area contributed by atoms with Crippen molar-refractivity contribution in [1.29, 1.82) is 0 Å². The van der Waals surface area contributed by atoms with E-state index in [4.69, 9.17) is 0 Å². The molecule has 1 aromatic heterocycles. The maximum Gasteiger partial charge on any atom is 0.252 e. The van der Waals surface area contributed by atoms with Crippen LogP contribution in [0.15, 0.2) is 24.3 Å². The molecule has 4 rings (SSSR count). The first kappa shape index (κ1) is 17.6. The number of likely N-dealkylation sites (tertiary alicyclic amines) is 1. The number of benzene rings is 1. The van der Waals surface area contributed by atoms with E-state index in [2.05, 4.69) is 36.2 Å². The number of hydrogen-bond acceptors (Lipinski definition) is 6. The zero-order valence-corrected chi connectivity index (χ0v) is 15.0. The van der Waals surface area contributed by atoms with Gasteiger partial charge in [0.05, 0.1) is 12.1 Å². The molecule has 2 aromatic rings. The molecule has 0 atom stereocenters. The monoisotopic (exact) mass is 369 g/mol. The number of amides is 2. The predicted octanol–water partition coefficient (Wildman–Crippen LogP) is 0.340. The van der Waals surface area contributed by atoms with Crippen molar-refractivity contribution >= 4 is 11.8 Å². The van der Waals surface area contributed by atoms with Crippen LogP contribution in [0.2, 0.25) is 0 Å². The number of rotatable bonds is 6. The molecular weight excluding hydrogens is 346 g/mol. The third kappa shape index (κ3) is 4.48. The number of carbonyl (C=O) groups is 2. The number of aromatic amines is 1. The van der Waals surface area contributed by atoms with Crippen molar-refractivity contribution in [2.24, 2.45) is 0 Å². The SMILES string of the molecule is O=C(CN1CCC(NC(=O)c2ccccc2-c2nn[nH]n2)CC1)NC1CC1. The molecule has 9 heteroatoms. The summed E-state index contributed by atoms with van der Waals surface area (Å²) in [4.78, 5) is 26.8. The summed E-state index contributed by atoms with van der Waals surface area (Å²) in [6, 6.07) is 7.72. The van der Waals surface area contributed by atoms with E-state index in [1.807, 2.05) is 12.1 Å². The molecule has 2 heterocycles. The molecule has 1 aliphatic carbocycles. The summed E-state index contributed by atoms with van der Waals surface area (Å²) in [5.41, 5.74) is 1.18. The number of aromatic nitrogens is 4. The molecule has 1 aliphatic heterocycles. The van der Waals surface area contributed by atoms with Crippen LogP contribution in [0, 0.1) is 0 Å². The summed E-state index contributed by atoms with van der Waals surface area (Å²) in [6.07, 6.45) is 3.86. The Bertz CT molecular complexity index is 796. The van der Waals surface area contributed by atoms with Gasteiger partial charge in [0.1, 0.15) is 0 Å². The highest BCUT2D eigenvalue weighted by Gasteiger charge is 2.26. The Morgan fingerprint density at radius 1 is 1.07 bits per heavy atom. The average molecular weight is 369 g/mol. The molecule has 1 aromatic carbocycles. The van der Waals surface area contributed by atoms with Gasteiger partial charge in [-0.25, -0.2) is 0 Å². The van der Waals surface area contributed by atoms with Crippen LogP contribution in [0.5, 0.6) is 0 Å². The van der Waals surface area contributed by atoms with Gasteiger partial charge in [-0.05, 0) is 37.0 Å². The van der Waals surface area contributed by atoms with Crippen LogP contribution in [0.1, 0.15) is 36.0 Å². The van der Waals surface area contributed by atoms with E-state index < -0.39 is 0 Å². The van der Waals surface area contributed by atoms with Gasteiger partial charge < -0.3 is 10.6 Å². The van der Waals surface area contributed by atoms with Crippen molar-refractivity contribution in [1.82, 2.24) is 36.2 Å². The van der Waals surface area contributed by atoms with Crippen molar-refractivity contribution in [3.8, 4) is 11.4 Å². The highest BCUT2D eigenvalue weighted by atomic mass is 16.2. The Kier molecular flexibility index (Phi) is 5.10. The topological polar surface area (TPSA) is 116 Å². The van der Waals surface area contributed by atoms with Crippen LogP contribution < -0.4 is 10.6 Å². The Hall–Kier alpha value is -2.81. The minimum Gasteiger partial charge on any atom is -0.352 e. The fourth-order valence-electron chi connectivity index (χ4n) is 3.35. The number of nitrogens with zero attached hydrogens (tertiary/aromatic N) is 4. The molecule has 0 radical (unpaired) electrons. The minimum absolute atomic E-state index is 0.0959. The fourth-order valence-corrected chi connectivity index (χ4v) is 3.35. The lowest BCUT2D eigenvalue weighted by molar-refractivity contribution is -0.122. The number of H-pyrrole nitrogens is 1. The lowest BCUT2D eigenvalue weighted by Gasteiger charge is -2.32. The largest absolute Gasteiger partial charge is 0.352 e. The summed E-state index contributed by atoms with van der Waals surface area (Å²) in [7, 11) is 0. The van der Waals surface area contributed by atoms with E-state index in [9.17, 15) is 9.59 Å². The zero-order chi connectivity index (χ0) is 18.6. The number of carbonyl (C=O) groups excluding carboxylic acids is 2. The van der Waals surface area contributed by atoms with Gasteiger partial charge in [0.25, 0.3) is 5.91 Å². The Labute approximate surface area is 156 Å². The Balaban J connectivity index is 1.30. The predicted molar refractivity (Wildman–Crippen MR) is 97.7 cm³/mol.